The first kappa shape index (κ1) is 13.1. The van der Waals surface area contributed by atoms with E-state index < -0.39 is 0 Å². The molecular formula is C14H16N2O3. The van der Waals surface area contributed by atoms with Crippen molar-refractivity contribution in [2.24, 2.45) is 4.99 Å². The molecule has 0 saturated heterocycles. The first-order chi connectivity index (χ1) is 9.11. The number of aliphatic hydroxyl groups excluding tert-OH is 1. The molecule has 0 spiro atoms. The second-order valence-corrected chi connectivity index (χ2v) is 4.25. The predicted molar refractivity (Wildman–Crippen MR) is 72.5 cm³/mol. The third-order valence-electron chi connectivity index (χ3n) is 2.95. The largest absolute Gasteiger partial charge is 0.510 e. The fourth-order valence-corrected chi connectivity index (χ4v) is 1.86. The molecule has 0 aromatic heterocycles. The van der Waals surface area contributed by atoms with Crippen LogP contribution in [-0.2, 0) is 11.3 Å². The Kier molecular flexibility index (Phi) is 3.85. The van der Waals surface area contributed by atoms with Crippen molar-refractivity contribution >= 4 is 11.6 Å². The molecule has 5 heteroatoms. The van der Waals surface area contributed by atoms with E-state index in [-0.39, 0.29) is 23.8 Å². The lowest BCUT2D eigenvalue weighted by molar-refractivity contribution is -0.116. The fraction of sp³-hybridized carbons (Fsp3) is 0.286. The second-order valence-electron chi connectivity index (χ2n) is 4.25. The zero-order valence-electron chi connectivity index (χ0n) is 10.9. The first-order valence-electron chi connectivity index (χ1n) is 5.96. The molecule has 2 N–H and O–H groups in total. The number of benzene rings is 1. The molecule has 0 atom stereocenters. The molecule has 5 nitrogen and oxygen atoms in total. The smallest absolute Gasteiger partial charge is 0.256 e. The molecule has 1 amide bonds. The van der Waals surface area contributed by atoms with Crippen LogP contribution >= 0.6 is 0 Å². The van der Waals surface area contributed by atoms with Gasteiger partial charge in [-0.3, -0.25) is 9.79 Å². The first-order valence-corrected chi connectivity index (χ1v) is 5.96. The monoisotopic (exact) mass is 260 g/mol. The normalized spacial score (nSPS) is 15.7. The Hall–Kier alpha value is -2.30. The minimum absolute atomic E-state index is 0.0565. The fourth-order valence-electron chi connectivity index (χ4n) is 1.86. The Labute approximate surface area is 111 Å². The van der Waals surface area contributed by atoms with E-state index in [2.05, 4.69) is 10.3 Å². The molecule has 0 aliphatic carbocycles. The van der Waals surface area contributed by atoms with Gasteiger partial charge in [0.05, 0.1) is 25.8 Å². The average molecular weight is 260 g/mol. The molecule has 19 heavy (non-hydrogen) atoms. The van der Waals surface area contributed by atoms with Crippen molar-refractivity contribution in [3.63, 3.8) is 0 Å². The maximum atomic E-state index is 11.5. The highest BCUT2D eigenvalue weighted by Gasteiger charge is 2.24. The highest BCUT2D eigenvalue weighted by molar-refractivity contribution is 6.22. The van der Waals surface area contributed by atoms with Crippen molar-refractivity contribution in [3.05, 3.63) is 41.2 Å². The maximum Gasteiger partial charge on any atom is 0.256 e. The van der Waals surface area contributed by atoms with Crippen molar-refractivity contribution in [2.75, 3.05) is 13.7 Å². The molecule has 0 radical (unpaired) electrons. The summed E-state index contributed by atoms with van der Waals surface area (Å²) in [7, 11) is 1.62. The molecule has 1 aromatic rings. The second kappa shape index (κ2) is 5.56. The van der Waals surface area contributed by atoms with E-state index >= 15 is 0 Å². The van der Waals surface area contributed by atoms with Crippen LogP contribution in [0.2, 0.25) is 0 Å². The molecule has 0 bridgehead atoms. The van der Waals surface area contributed by atoms with Gasteiger partial charge in [-0.25, -0.2) is 0 Å². The lowest BCUT2D eigenvalue weighted by Gasteiger charge is -2.03. The van der Waals surface area contributed by atoms with Crippen LogP contribution in [0.5, 0.6) is 5.75 Å². The summed E-state index contributed by atoms with van der Waals surface area (Å²) in [6.45, 7) is 2.36. The van der Waals surface area contributed by atoms with E-state index in [9.17, 15) is 9.90 Å². The lowest BCUT2D eigenvalue weighted by Crippen LogP contribution is -2.20. The van der Waals surface area contributed by atoms with Crippen LogP contribution in [0, 0.1) is 0 Å². The summed E-state index contributed by atoms with van der Waals surface area (Å²) in [4.78, 5) is 15.8. The van der Waals surface area contributed by atoms with E-state index in [1.54, 1.807) is 14.0 Å². The molecule has 1 aromatic carbocycles. The van der Waals surface area contributed by atoms with Gasteiger partial charge in [0.25, 0.3) is 5.91 Å². The molecule has 1 heterocycles. The quantitative estimate of drug-likeness (QED) is 0.808. The van der Waals surface area contributed by atoms with Crippen LogP contribution in [0.3, 0.4) is 0 Å². The van der Waals surface area contributed by atoms with Gasteiger partial charge in [0.1, 0.15) is 11.5 Å². The summed E-state index contributed by atoms with van der Waals surface area (Å²) in [6, 6.07) is 7.55. The molecule has 1 aliphatic heterocycles. The van der Waals surface area contributed by atoms with Gasteiger partial charge in [0.2, 0.25) is 0 Å². The Morgan fingerprint density at radius 2 is 2.11 bits per heavy atom. The third kappa shape index (κ3) is 2.93. The Morgan fingerprint density at radius 1 is 1.42 bits per heavy atom. The van der Waals surface area contributed by atoms with Crippen LogP contribution in [-0.4, -0.2) is 30.4 Å². The van der Waals surface area contributed by atoms with Gasteiger partial charge in [-0.1, -0.05) is 12.1 Å². The van der Waals surface area contributed by atoms with Crippen LogP contribution in [0.25, 0.3) is 0 Å². The number of rotatable bonds is 4. The van der Waals surface area contributed by atoms with Crippen molar-refractivity contribution in [3.8, 4) is 5.75 Å². The van der Waals surface area contributed by atoms with Crippen LogP contribution in [0.15, 0.2) is 40.6 Å². The number of aliphatic imine (C=N–C) groups is 1. The van der Waals surface area contributed by atoms with E-state index in [1.807, 2.05) is 24.3 Å². The van der Waals surface area contributed by atoms with Gasteiger partial charge in [-0.05, 0) is 24.6 Å². The SMILES string of the molecule is COc1ccc(CN=C(C)C2=C(O)CNC2=O)cc1. The molecule has 0 saturated carbocycles. The summed E-state index contributed by atoms with van der Waals surface area (Å²) >= 11 is 0. The molecule has 2 rings (SSSR count). The highest BCUT2D eigenvalue weighted by atomic mass is 16.5. The average Bonchev–Trinajstić information content (AvgIpc) is 2.76. The van der Waals surface area contributed by atoms with Crippen LogP contribution in [0.4, 0.5) is 0 Å². The molecule has 1 aliphatic rings. The number of nitrogens with zero attached hydrogens (tertiary/aromatic N) is 1. The minimum Gasteiger partial charge on any atom is -0.510 e. The number of amides is 1. The third-order valence-corrected chi connectivity index (χ3v) is 2.95. The topological polar surface area (TPSA) is 70.9 Å². The number of aliphatic hydroxyl groups is 1. The van der Waals surface area contributed by atoms with Gasteiger partial charge in [-0.2, -0.15) is 0 Å². The van der Waals surface area contributed by atoms with Crippen molar-refractivity contribution in [1.29, 1.82) is 0 Å². The van der Waals surface area contributed by atoms with E-state index in [4.69, 9.17) is 4.74 Å². The molecule has 0 unspecified atom stereocenters. The van der Waals surface area contributed by atoms with E-state index in [0.717, 1.165) is 11.3 Å². The number of carbonyl (C=O) groups is 1. The molecule has 0 fully saturated rings. The summed E-state index contributed by atoms with van der Waals surface area (Å²) in [5, 5.41) is 12.1. The molecular weight excluding hydrogens is 244 g/mol. The summed E-state index contributed by atoms with van der Waals surface area (Å²) in [5.74, 6) is 0.578. The Balaban J connectivity index is 2.09. The maximum absolute atomic E-state index is 11.5. The number of carbonyl (C=O) groups excluding carboxylic acids is 1. The highest BCUT2D eigenvalue weighted by Crippen LogP contribution is 2.14. The summed E-state index contributed by atoms with van der Waals surface area (Å²) in [6.07, 6.45) is 0. The minimum atomic E-state index is -0.270. The van der Waals surface area contributed by atoms with Crippen molar-refractivity contribution < 1.29 is 14.6 Å². The van der Waals surface area contributed by atoms with Crippen LogP contribution < -0.4 is 10.1 Å². The van der Waals surface area contributed by atoms with Gasteiger partial charge in [-0.15, -0.1) is 0 Å². The number of methoxy groups -OCH3 is 1. The molecule has 100 valence electrons. The zero-order valence-corrected chi connectivity index (χ0v) is 10.9. The predicted octanol–water partition coefficient (Wildman–Crippen LogP) is 1.60. The lowest BCUT2D eigenvalue weighted by atomic mass is 10.1. The zero-order chi connectivity index (χ0) is 13.8. The van der Waals surface area contributed by atoms with Crippen LogP contribution in [0.1, 0.15) is 12.5 Å². The van der Waals surface area contributed by atoms with E-state index in [1.165, 1.54) is 0 Å². The van der Waals surface area contributed by atoms with Gasteiger partial charge in [0, 0.05) is 5.71 Å². The van der Waals surface area contributed by atoms with Crippen molar-refractivity contribution in [1.82, 2.24) is 5.32 Å². The van der Waals surface area contributed by atoms with Gasteiger partial charge >= 0.3 is 0 Å². The van der Waals surface area contributed by atoms with E-state index in [0.29, 0.717) is 12.3 Å². The number of ether oxygens (including phenoxy) is 1. The number of hydrogen-bond donors (Lipinski definition) is 2. The Bertz CT molecular complexity index is 544. The summed E-state index contributed by atoms with van der Waals surface area (Å²) in [5.41, 5.74) is 1.84. The standard InChI is InChI=1S/C14H16N2O3/c1-9(13-12(17)8-16-14(13)18)15-7-10-3-5-11(19-2)6-4-10/h3-6,17H,7-8H2,1-2H3,(H,16,18). The van der Waals surface area contributed by atoms with Crippen molar-refractivity contribution in [2.45, 2.75) is 13.5 Å². The Morgan fingerprint density at radius 3 is 2.63 bits per heavy atom. The number of hydrogen-bond acceptors (Lipinski definition) is 4. The van der Waals surface area contributed by atoms with Gasteiger partial charge in [0.15, 0.2) is 0 Å². The summed E-state index contributed by atoms with van der Waals surface area (Å²) < 4.78 is 5.07. The number of nitrogens with one attached hydrogen (secondary N) is 1. The van der Waals surface area contributed by atoms with Gasteiger partial charge < -0.3 is 15.2 Å².